The Morgan fingerprint density at radius 3 is 2.43 bits per heavy atom. The van der Waals surface area contributed by atoms with Gasteiger partial charge in [0.2, 0.25) is 12.1 Å². The van der Waals surface area contributed by atoms with Gasteiger partial charge in [-0.25, -0.2) is 0 Å². The Balaban J connectivity index is 2.34. The van der Waals surface area contributed by atoms with Crippen molar-refractivity contribution in [2.45, 2.75) is 19.0 Å². The lowest BCUT2D eigenvalue weighted by Gasteiger charge is -2.09. The molecule has 14 heavy (non-hydrogen) atoms. The standard InChI is InChI=1S/C11H12O3/c1-2-9(11(13)10(12)14-11)8-6-4-3-5-7-8/h2-7,10,12-13H,1H3/b9-2-. The molecule has 2 atom stereocenters. The molecular weight excluding hydrogens is 180 g/mol. The zero-order valence-electron chi connectivity index (χ0n) is 7.84. The van der Waals surface area contributed by atoms with Crippen LogP contribution in [0.2, 0.25) is 0 Å². The number of epoxide rings is 1. The molecule has 2 N–H and O–H groups in total. The van der Waals surface area contributed by atoms with Gasteiger partial charge in [-0.15, -0.1) is 0 Å². The lowest BCUT2D eigenvalue weighted by Crippen LogP contribution is -2.16. The first-order chi connectivity index (χ1) is 6.68. The molecule has 1 aliphatic rings. The maximum absolute atomic E-state index is 9.77. The van der Waals surface area contributed by atoms with Crippen LogP contribution in [0, 0.1) is 0 Å². The van der Waals surface area contributed by atoms with Gasteiger partial charge in [-0.1, -0.05) is 36.4 Å². The second-order valence-electron chi connectivity index (χ2n) is 3.24. The van der Waals surface area contributed by atoms with Crippen molar-refractivity contribution in [3.05, 3.63) is 42.0 Å². The molecule has 1 saturated heterocycles. The summed E-state index contributed by atoms with van der Waals surface area (Å²) in [5, 5.41) is 18.9. The molecule has 1 aromatic rings. The number of allylic oxidation sites excluding steroid dienone is 1. The normalized spacial score (nSPS) is 31.6. The Labute approximate surface area is 82.3 Å². The third kappa shape index (κ3) is 1.35. The number of aliphatic hydroxyl groups excluding tert-OH is 1. The summed E-state index contributed by atoms with van der Waals surface area (Å²) >= 11 is 0. The minimum atomic E-state index is -1.50. The van der Waals surface area contributed by atoms with Crippen LogP contribution in [-0.4, -0.2) is 22.3 Å². The second kappa shape index (κ2) is 3.20. The van der Waals surface area contributed by atoms with Gasteiger partial charge >= 0.3 is 0 Å². The maximum Gasteiger partial charge on any atom is 0.248 e. The highest BCUT2D eigenvalue weighted by Crippen LogP contribution is 2.43. The van der Waals surface area contributed by atoms with Gasteiger partial charge in [0.1, 0.15) is 0 Å². The monoisotopic (exact) mass is 192 g/mol. The number of hydrogen-bond donors (Lipinski definition) is 2. The molecule has 2 rings (SSSR count). The van der Waals surface area contributed by atoms with E-state index in [0.717, 1.165) is 5.56 Å². The Bertz CT molecular complexity index is 358. The molecule has 1 heterocycles. The van der Waals surface area contributed by atoms with E-state index in [2.05, 4.69) is 0 Å². The number of hydrogen-bond acceptors (Lipinski definition) is 3. The molecule has 0 saturated carbocycles. The quantitative estimate of drug-likeness (QED) is 0.690. The smallest absolute Gasteiger partial charge is 0.248 e. The predicted molar refractivity (Wildman–Crippen MR) is 52.1 cm³/mol. The van der Waals surface area contributed by atoms with Crippen LogP contribution in [0.5, 0.6) is 0 Å². The van der Waals surface area contributed by atoms with Crippen molar-refractivity contribution >= 4 is 5.57 Å². The maximum atomic E-state index is 9.77. The molecule has 1 fully saturated rings. The molecule has 0 aromatic heterocycles. The minimum absolute atomic E-state index is 0.602. The zero-order chi connectivity index (χ0) is 10.2. The Morgan fingerprint density at radius 1 is 1.43 bits per heavy atom. The molecule has 1 aromatic carbocycles. The zero-order valence-corrected chi connectivity index (χ0v) is 7.84. The van der Waals surface area contributed by atoms with Crippen LogP contribution >= 0.6 is 0 Å². The van der Waals surface area contributed by atoms with Crippen LogP contribution in [0.15, 0.2) is 36.4 Å². The number of benzene rings is 1. The fraction of sp³-hybridized carbons (Fsp3) is 0.273. The van der Waals surface area contributed by atoms with Crippen LogP contribution < -0.4 is 0 Å². The Hall–Kier alpha value is -1.16. The van der Waals surface area contributed by atoms with Crippen molar-refractivity contribution < 1.29 is 14.9 Å². The summed E-state index contributed by atoms with van der Waals surface area (Å²) in [6.07, 6.45) is 0.639. The van der Waals surface area contributed by atoms with E-state index in [4.69, 9.17) is 9.84 Å². The van der Waals surface area contributed by atoms with Crippen LogP contribution in [-0.2, 0) is 4.74 Å². The van der Waals surface area contributed by atoms with Gasteiger partial charge in [0.25, 0.3) is 0 Å². The second-order valence-corrected chi connectivity index (χ2v) is 3.24. The Kier molecular flexibility index (Phi) is 2.15. The van der Waals surface area contributed by atoms with E-state index in [9.17, 15) is 5.11 Å². The summed E-state index contributed by atoms with van der Waals surface area (Å²) in [5.74, 6) is -1.50. The summed E-state index contributed by atoms with van der Waals surface area (Å²) in [6.45, 7) is 1.80. The highest BCUT2D eigenvalue weighted by molar-refractivity contribution is 5.72. The summed E-state index contributed by atoms with van der Waals surface area (Å²) in [6, 6.07) is 9.36. The third-order valence-corrected chi connectivity index (χ3v) is 2.33. The molecule has 74 valence electrons. The van der Waals surface area contributed by atoms with Crippen LogP contribution in [0.1, 0.15) is 12.5 Å². The molecule has 2 unspecified atom stereocenters. The summed E-state index contributed by atoms with van der Waals surface area (Å²) in [5.41, 5.74) is 1.46. The Morgan fingerprint density at radius 2 is 2.00 bits per heavy atom. The predicted octanol–water partition coefficient (Wildman–Crippen LogP) is 1.13. The van der Waals surface area contributed by atoms with Crippen molar-refractivity contribution in [3.8, 4) is 0 Å². The molecule has 0 aliphatic carbocycles. The highest BCUT2D eigenvalue weighted by atomic mass is 16.8. The molecule has 1 aliphatic heterocycles. The van der Waals surface area contributed by atoms with Crippen LogP contribution in [0.4, 0.5) is 0 Å². The average Bonchev–Trinajstić information content (AvgIpc) is 2.78. The molecule has 0 spiro atoms. The first-order valence-corrected chi connectivity index (χ1v) is 4.49. The largest absolute Gasteiger partial charge is 0.363 e. The van der Waals surface area contributed by atoms with Crippen molar-refractivity contribution in [3.63, 3.8) is 0 Å². The highest BCUT2D eigenvalue weighted by Gasteiger charge is 2.58. The van der Waals surface area contributed by atoms with Crippen molar-refractivity contribution in [1.29, 1.82) is 0 Å². The fourth-order valence-corrected chi connectivity index (χ4v) is 1.53. The van der Waals surface area contributed by atoms with E-state index >= 15 is 0 Å². The third-order valence-electron chi connectivity index (χ3n) is 2.33. The number of ether oxygens (including phenoxy) is 1. The van der Waals surface area contributed by atoms with E-state index in [1.165, 1.54) is 0 Å². The van der Waals surface area contributed by atoms with E-state index in [1.807, 2.05) is 30.3 Å². The summed E-state index contributed by atoms with van der Waals surface area (Å²) in [4.78, 5) is 0. The van der Waals surface area contributed by atoms with E-state index < -0.39 is 12.1 Å². The SMILES string of the molecule is C/C=C(/c1ccccc1)C1(O)OC1O. The van der Waals surface area contributed by atoms with E-state index in [-0.39, 0.29) is 0 Å². The van der Waals surface area contributed by atoms with Gasteiger partial charge in [0, 0.05) is 5.57 Å². The molecule has 3 nitrogen and oxygen atoms in total. The topological polar surface area (TPSA) is 53.0 Å². The van der Waals surface area contributed by atoms with Gasteiger partial charge < -0.3 is 14.9 Å². The lowest BCUT2D eigenvalue weighted by molar-refractivity contribution is 0.0919. The first kappa shape index (κ1) is 9.40. The van der Waals surface area contributed by atoms with Gasteiger partial charge in [0.15, 0.2) is 0 Å². The van der Waals surface area contributed by atoms with Gasteiger partial charge in [-0.05, 0) is 12.5 Å². The van der Waals surface area contributed by atoms with Crippen molar-refractivity contribution in [2.75, 3.05) is 0 Å². The van der Waals surface area contributed by atoms with Gasteiger partial charge in [0.05, 0.1) is 0 Å². The molecular formula is C11H12O3. The minimum Gasteiger partial charge on any atom is -0.363 e. The number of aliphatic hydroxyl groups is 2. The molecule has 0 amide bonds. The lowest BCUT2D eigenvalue weighted by atomic mass is 10.0. The van der Waals surface area contributed by atoms with E-state index in [1.54, 1.807) is 13.0 Å². The van der Waals surface area contributed by atoms with Gasteiger partial charge in [-0.3, -0.25) is 0 Å². The van der Waals surface area contributed by atoms with Crippen molar-refractivity contribution in [1.82, 2.24) is 0 Å². The van der Waals surface area contributed by atoms with Gasteiger partial charge in [-0.2, -0.15) is 0 Å². The average molecular weight is 192 g/mol. The molecule has 0 radical (unpaired) electrons. The van der Waals surface area contributed by atoms with E-state index in [0.29, 0.717) is 5.57 Å². The van der Waals surface area contributed by atoms with Crippen LogP contribution in [0.3, 0.4) is 0 Å². The summed E-state index contributed by atoms with van der Waals surface area (Å²) < 4.78 is 4.75. The van der Waals surface area contributed by atoms with Crippen molar-refractivity contribution in [2.24, 2.45) is 0 Å². The molecule has 3 heteroatoms. The summed E-state index contributed by atoms with van der Waals surface area (Å²) in [7, 11) is 0. The van der Waals surface area contributed by atoms with Crippen LogP contribution in [0.25, 0.3) is 5.57 Å². The fourth-order valence-electron chi connectivity index (χ4n) is 1.53. The molecule has 0 bridgehead atoms. The first-order valence-electron chi connectivity index (χ1n) is 4.49. The number of rotatable bonds is 2.